The van der Waals surface area contributed by atoms with Crippen LogP contribution in [0.2, 0.25) is 0 Å². The van der Waals surface area contributed by atoms with Crippen molar-refractivity contribution in [3.05, 3.63) is 108 Å². The highest BCUT2D eigenvalue weighted by Crippen LogP contribution is 2.41. The van der Waals surface area contributed by atoms with Gasteiger partial charge in [-0.05, 0) is 41.0 Å². The average molecular weight is 360 g/mol. The highest BCUT2D eigenvalue weighted by molar-refractivity contribution is 5.49. The van der Waals surface area contributed by atoms with Crippen molar-refractivity contribution in [1.29, 1.82) is 0 Å². The molecular weight excluding hydrogens is 336 g/mol. The molecule has 0 saturated heterocycles. The van der Waals surface area contributed by atoms with E-state index < -0.39 is 5.60 Å². The fraction of sp³-hybridized carbons (Fsp3) is 0.167. The number of benzene rings is 3. The lowest BCUT2D eigenvalue weighted by Gasteiger charge is -2.35. The van der Waals surface area contributed by atoms with Crippen molar-refractivity contribution in [1.82, 2.24) is 0 Å². The quantitative estimate of drug-likeness (QED) is 0.408. The van der Waals surface area contributed by atoms with Crippen LogP contribution in [-0.4, -0.2) is 20.8 Å². The van der Waals surface area contributed by atoms with Crippen molar-refractivity contribution < 1.29 is 14.2 Å². The first-order valence-electron chi connectivity index (χ1n) is 8.84. The van der Waals surface area contributed by atoms with Crippen LogP contribution in [0.3, 0.4) is 0 Å². The lowest BCUT2D eigenvalue weighted by molar-refractivity contribution is 0.0320. The van der Waals surface area contributed by atoms with Crippen LogP contribution in [-0.2, 0) is 10.3 Å². The Labute approximate surface area is 160 Å². The normalized spacial score (nSPS) is 11.0. The van der Waals surface area contributed by atoms with Gasteiger partial charge in [0.25, 0.3) is 0 Å². The van der Waals surface area contributed by atoms with Crippen molar-refractivity contribution >= 4 is 0 Å². The lowest BCUT2D eigenvalue weighted by Crippen LogP contribution is -2.33. The second kappa shape index (κ2) is 8.56. The fourth-order valence-electron chi connectivity index (χ4n) is 3.26. The molecule has 3 nitrogen and oxygen atoms in total. The third kappa shape index (κ3) is 3.74. The van der Waals surface area contributed by atoms with E-state index in [0.717, 1.165) is 28.2 Å². The Balaban J connectivity index is 2.24. The molecule has 0 radical (unpaired) electrons. The molecule has 0 aromatic heterocycles. The van der Waals surface area contributed by atoms with Gasteiger partial charge in [-0.1, -0.05) is 60.7 Å². The molecule has 3 aromatic carbocycles. The molecule has 0 aliphatic heterocycles. The molecule has 0 unspecified atom stereocenters. The third-order valence-electron chi connectivity index (χ3n) is 4.59. The summed E-state index contributed by atoms with van der Waals surface area (Å²) in [5.41, 5.74) is 2.30. The standard InChI is InChI=1S/C24H24O3/c1-4-18-27-24(19-8-6-5-7-9-19,20-10-14-22(25-2)15-11-20)21-12-16-23(26-3)17-13-21/h4-17H,1,18H2,2-3H3. The molecule has 0 aliphatic rings. The monoisotopic (exact) mass is 360 g/mol. The predicted molar refractivity (Wildman–Crippen MR) is 108 cm³/mol. The van der Waals surface area contributed by atoms with Crippen LogP contribution < -0.4 is 9.47 Å². The highest BCUT2D eigenvalue weighted by atomic mass is 16.5. The minimum absolute atomic E-state index is 0.410. The van der Waals surface area contributed by atoms with Gasteiger partial charge in [-0.15, -0.1) is 6.58 Å². The zero-order chi connectivity index (χ0) is 19.1. The van der Waals surface area contributed by atoms with E-state index in [1.807, 2.05) is 66.7 Å². The maximum atomic E-state index is 6.48. The summed E-state index contributed by atoms with van der Waals surface area (Å²) >= 11 is 0. The van der Waals surface area contributed by atoms with Crippen LogP contribution in [0.4, 0.5) is 0 Å². The largest absolute Gasteiger partial charge is 0.497 e. The SMILES string of the molecule is C=CCOC(c1ccccc1)(c1ccc(OC)cc1)c1ccc(OC)cc1. The van der Waals surface area contributed by atoms with Gasteiger partial charge in [-0.2, -0.15) is 0 Å². The molecule has 138 valence electrons. The molecule has 0 amide bonds. The van der Waals surface area contributed by atoms with Crippen LogP contribution in [0.15, 0.2) is 91.5 Å². The van der Waals surface area contributed by atoms with Gasteiger partial charge in [0.2, 0.25) is 0 Å². The molecule has 27 heavy (non-hydrogen) atoms. The molecule has 0 saturated carbocycles. The Kier molecular flexibility index (Phi) is 5.94. The van der Waals surface area contributed by atoms with Gasteiger partial charge >= 0.3 is 0 Å². The number of hydrogen-bond donors (Lipinski definition) is 0. The van der Waals surface area contributed by atoms with E-state index in [9.17, 15) is 0 Å². The molecule has 0 heterocycles. The molecule has 3 rings (SSSR count). The van der Waals surface area contributed by atoms with Crippen LogP contribution in [0.25, 0.3) is 0 Å². The maximum absolute atomic E-state index is 6.48. The second-order valence-electron chi connectivity index (χ2n) is 6.10. The first-order valence-corrected chi connectivity index (χ1v) is 8.84. The Morgan fingerprint density at radius 2 is 1.15 bits per heavy atom. The van der Waals surface area contributed by atoms with E-state index >= 15 is 0 Å². The molecule has 3 heteroatoms. The molecule has 0 atom stereocenters. The zero-order valence-electron chi connectivity index (χ0n) is 15.7. The Hall–Kier alpha value is -3.04. The molecule has 0 N–H and O–H groups in total. The van der Waals surface area contributed by atoms with Gasteiger partial charge < -0.3 is 14.2 Å². The summed E-state index contributed by atoms with van der Waals surface area (Å²) in [7, 11) is 3.33. The van der Waals surface area contributed by atoms with E-state index in [1.54, 1.807) is 20.3 Å². The van der Waals surface area contributed by atoms with Crippen molar-refractivity contribution in [3.63, 3.8) is 0 Å². The van der Waals surface area contributed by atoms with Crippen molar-refractivity contribution in [2.24, 2.45) is 0 Å². The Morgan fingerprint density at radius 3 is 1.56 bits per heavy atom. The average Bonchev–Trinajstić information content (AvgIpc) is 2.76. The minimum Gasteiger partial charge on any atom is -0.497 e. The smallest absolute Gasteiger partial charge is 0.144 e. The Morgan fingerprint density at radius 1 is 0.704 bits per heavy atom. The van der Waals surface area contributed by atoms with Crippen molar-refractivity contribution in [2.45, 2.75) is 5.60 Å². The van der Waals surface area contributed by atoms with E-state index in [1.165, 1.54) is 0 Å². The van der Waals surface area contributed by atoms with Crippen molar-refractivity contribution in [3.8, 4) is 11.5 Å². The summed E-state index contributed by atoms with van der Waals surface area (Å²) in [6.07, 6.45) is 1.77. The number of methoxy groups -OCH3 is 2. The van der Waals surface area contributed by atoms with Gasteiger partial charge in [-0.3, -0.25) is 0 Å². The number of hydrogen-bond acceptors (Lipinski definition) is 3. The molecular formula is C24H24O3. The number of rotatable bonds is 8. The van der Waals surface area contributed by atoms with E-state index in [4.69, 9.17) is 14.2 Å². The molecule has 3 aromatic rings. The Bertz CT molecular complexity index is 805. The molecule has 0 fully saturated rings. The summed E-state index contributed by atoms with van der Waals surface area (Å²) in [6.45, 7) is 4.24. The van der Waals surface area contributed by atoms with Gasteiger partial charge in [0.1, 0.15) is 17.1 Å². The third-order valence-corrected chi connectivity index (χ3v) is 4.59. The second-order valence-corrected chi connectivity index (χ2v) is 6.10. The molecule has 0 bridgehead atoms. The summed E-state index contributed by atoms with van der Waals surface area (Å²) in [5.74, 6) is 1.61. The minimum atomic E-state index is -0.770. The van der Waals surface area contributed by atoms with E-state index in [0.29, 0.717) is 6.61 Å². The molecule has 0 spiro atoms. The van der Waals surface area contributed by atoms with Gasteiger partial charge in [-0.25, -0.2) is 0 Å². The van der Waals surface area contributed by atoms with Gasteiger partial charge in [0.05, 0.1) is 20.8 Å². The highest BCUT2D eigenvalue weighted by Gasteiger charge is 2.37. The molecule has 0 aliphatic carbocycles. The summed E-state index contributed by atoms with van der Waals surface area (Å²) in [5, 5.41) is 0. The van der Waals surface area contributed by atoms with Crippen molar-refractivity contribution in [2.75, 3.05) is 20.8 Å². The van der Waals surface area contributed by atoms with E-state index in [2.05, 4.69) is 18.7 Å². The number of ether oxygens (including phenoxy) is 3. The maximum Gasteiger partial charge on any atom is 0.144 e. The van der Waals surface area contributed by atoms with Gasteiger partial charge in [0, 0.05) is 0 Å². The fourth-order valence-corrected chi connectivity index (χ4v) is 3.26. The van der Waals surface area contributed by atoms with Crippen LogP contribution in [0, 0.1) is 0 Å². The van der Waals surface area contributed by atoms with Gasteiger partial charge in [0.15, 0.2) is 0 Å². The van der Waals surface area contributed by atoms with Crippen LogP contribution >= 0.6 is 0 Å². The first-order chi connectivity index (χ1) is 13.2. The predicted octanol–water partition coefficient (Wildman–Crippen LogP) is 5.20. The van der Waals surface area contributed by atoms with E-state index in [-0.39, 0.29) is 0 Å². The zero-order valence-corrected chi connectivity index (χ0v) is 15.7. The summed E-state index contributed by atoms with van der Waals surface area (Å²) < 4.78 is 17.1. The van der Waals surface area contributed by atoms with Crippen LogP contribution in [0.5, 0.6) is 11.5 Å². The summed E-state index contributed by atoms with van der Waals surface area (Å²) in [4.78, 5) is 0. The lowest BCUT2D eigenvalue weighted by atomic mass is 9.80. The van der Waals surface area contributed by atoms with Crippen LogP contribution in [0.1, 0.15) is 16.7 Å². The summed E-state index contributed by atoms with van der Waals surface area (Å²) in [6, 6.07) is 26.2. The first kappa shape index (κ1) is 18.7. The topological polar surface area (TPSA) is 27.7 Å².